The van der Waals surface area contributed by atoms with Gasteiger partial charge in [-0.15, -0.1) is 0 Å². The largest absolute Gasteiger partial charge is 0.417 e. The fourth-order valence-electron chi connectivity index (χ4n) is 8.03. The molecule has 318 valence electrons. The Morgan fingerprint density at radius 2 is 1.62 bits per heavy atom. The topological polar surface area (TPSA) is 181 Å². The zero-order valence-electron chi connectivity index (χ0n) is 33.2. The number of piperazine rings is 1. The van der Waals surface area contributed by atoms with Crippen LogP contribution in [0.15, 0.2) is 71.7 Å². The van der Waals surface area contributed by atoms with Crippen LogP contribution in [0, 0.1) is 5.82 Å². The van der Waals surface area contributed by atoms with Gasteiger partial charge in [-0.25, -0.2) is 4.39 Å². The van der Waals surface area contributed by atoms with Gasteiger partial charge < -0.3 is 20.5 Å². The molecule has 3 atom stereocenters. The Morgan fingerprint density at radius 1 is 0.885 bits per heavy atom. The molecule has 4 N–H and O–H groups in total. The van der Waals surface area contributed by atoms with E-state index in [1.165, 1.54) is 24.3 Å². The summed E-state index contributed by atoms with van der Waals surface area (Å²) in [5, 5.41) is 7.50. The number of alkyl halides is 3. The zero-order chi connectivity index (χ0) is 43.9. The number of benzene rings is 3. The van der Waals surface area contributed by atoms with Crippen LogP contribution in [0.25, 0.3) is 11.1 Å². The number of aromatic amines is 1. The predicted molar refractivity (Wildman–Crippen MR) is 215 cm³/mol. The van der Waals surface area contributed by atoms with Crippen LogP contribution in [0.3, 0.4) is 0 Å². The first kappa shape index (κ1) is 42.4. The number of fused-ring (bicyclic) bond motifs is 1. The van der Waals surface area contributed by atoms with Crippen molar-refractivity contribution < 1.29 is 46.3 Å². The van der Waals surface area contributed by atoms with E-state index in [1.807, 2.05) is 25.8 Å². The Hall–Kier alpha value is -6.69. The highest BCUT2D eigenvalue weighted by Crippen LogP contribution is 2.37. The lowest BCUT2D eigenvalue weighted by atomic mass is 9.98. The highest BCUT2D eigenvalue weighted by atomic mass is 19.4. The number of amides is 6. The molecular formula is C43H41F4N7O7. The van der Waals surface area contributed by atoms with E-state index in [0.717, 1.165) is 11.0 Å². The molecule has 0 aliphatic carbocycles. The fraction of sp³-hybridized carbons (Fsp3) is 0.326. The smallest absolute Gasteiger partial charge is 0.367 e. The van der Waals surface area contributed by atoms with Crippen molar-refractivity contribution in [2.75, 3.05) is 36.9 Å². The second-order valence-electron chi connectivity index (χ2n) is 15.4. The van der Waals surface area contributed by atoms with E-state index in [0.29, 0.717) is 43.0 Å². The number of hydrogen-bond acceptors (Lipinski definition) is 9. The standard InChI is InChI=1S/C43H41F4N7O7/c1-22-20-53(21-23(2)52(22)3)33-12-10-25(17-32(33)50-39(58)29-19-49-36(56)18-30(29)43(45,46)47)28-16-26(9-11-31(28)44)38(57)48-15-5-7-24-6-4-8-27-37(24)42(61)54(41(27)60)34-13-14-35(55)51-40(34)59/h4,6,8-12,16-19,22-23,34H,5,7,13-15,20-21H2,1-3H3,(H,48,57)(H,49,56)(H,50,58)(H,51,55,59)/t22-,23+,34?. The molecule has 0 saturated carbocycles. The van der Waals surface area contributed by atoms with E-state index >= 15 is 4.39 Å². The van der Waals surface area contributed by atoms with E-state index in [4.69, 9.17) is 0 Å². The quantitative estimate of drug-likeness (QED) is 0.0997. The van der Waals surface area contributed by atoms with Gasteiger partial charge >= 0.3 is 6.18 Å². The number of H-pyrrole nitrogens is 1. The van der Waals surface area contributed by atoms with Gasteiger partial charge in [0.15, 0.2) is 0 Å². The van der Waals surface area contributed by atoms with Gasteiger partial charge in [0.05, 0.1) is 33.6 Å². The minimum Gasteiger partial charge on any atom is -0.367 e. The van der Waals surface area contributed by atoms with E-state index in [-0.39, 0.29) is 71.4 Å². The SMILES string of the molecule is C[C@@H]1CN(c2ccc(-c3cc(C(=O)NCCCc4cccc5c4C(=O)N(C4CCC(=O)NC4=O)C5=O)ccc3F)cc2NC(=O)c2c[nH]c(=O)cc2C(F)(F)F)C[C@H](C)N1C. The van der Waals surface area contributed by atoms with Crippen LogP contribution >= 0.6 is 0 Å². The summed E-state index contributed by atoms with van der Waals surface area (Å²) >= 11 is 0. The number of anilines is 2. The maximum atomic E-state index is 15.6. The van der Waals surface area contributed by atoms with Crippen LogP contribution in [0.1, 0.15) is 85.7 Å². The van der Waals surface area contributed by atoms with Crippen molar-refractivity contribution in [3.63, 3.8) is 0 Å². The van der Waals surface area contributed by atoms with E-state index in [9.17, 15) is 46.7 Å². The van der Waals surface area contributed by atoms with Crippen LogP contribution in [0.4, 0.5) is 28.9 Å². The van der Waals surface area contributed by atoms with Crippen molar-refractivity contribution in [3.8, 4) is 11.1 Å². The fourth-order valence-corrected chi connectivity index (χ4v) is 8.03. The van der Waals surface area contributed by atoms with Crippen molar-refractivity contribution in [2.24, 2.45) is 0 Å². The Labute approximate surface area is 346 Å². The number of carbonyl (C=O) groups is 6. The summed E-state index contributed by atoms with van der Waals surface area (Å²) < 4.78 is 57.4. The highest BCUT2D eigenvalue weighted by molar-refractivity contribution is 6.24. The number of nitrogens with zero attached hydrogens (tertiary/aromatic N) is 3. The number of hydrogen-bond donors (Lipinski definition) is 4. The summed E-state index contributed by atoms with van der Waals surface area (Å²) in [7, 11) is 1.97. The first-order chi connectivity index (χ1) is 28.9. The Bertz CT molecular complexity index is 2530. The molecule has 18 heteroatoms. The number of halogens is 4. The van der Waals surface area contributed by atoms with Gasteiger partial charge in [-0.05, 0) is 87.7 Å². The molecule has 1 unspecified atom stereocenters. The van der Waals surface area contributed by atoms with Crippen LogP contribution < -0.4 is 26.4 Å². The highest BCUT2D eigenvalue weighted by Gasteiger charge is 2.45. The number of rotatable bonds is 10. The number of piperidine rings is 1. The number of aromatic nitrogens is 1. The Kier molecular flexibility index (Phi) is 11.7. The maximum Gasteiger partial charge on any atom is 0.417 e. The van der Waals surface area contributed by atoms with Gasteiger partial charge in [-0.1, -0.05) is 18.2 Å². The minimum absolute atomic E-state index is 0.0122. The van der Waals surface area contributed by atoms with Gasteiger partial charge in [0.25, 0.3) is 23.6 Å². The molecule has 0 bridgehead atoms. The molecule has 7 rings (SSSR count). The summed E-state index contributed by atoms with van der Waals surface area (Å²) in [6.07, 6.45) is -3.71. The first-order valence-electron chi connectivity index (χ1n) is 19.6. The average molecular weight is 844 g/mol. The number of carbonyl (C=O) groups excluding carboxylic acids is 6. The van der Waals surface area contributed by atoms with Crippen LogP contribution in [0.2, 0.25) is 0 Å². The van der Waals surface area contributed by atoms with Crippen molar-refractivity contribution in [1.82, 2.24) is 25.4 Å². The van der Waals surface area contributed by atoms with E-state index in [1.54, 1.807) is 24.3 Å². The van der Waals surface area contributed by atoms with Gasteiger partial charge in [-0.3, -0.25) is 48.7 Å². The van der Waals surface area contributed by atoms with Gasteiger partial charge in [-0.2, -0.15) is 13.2 Å². The molecule has 6 amide bonds. The zero-order valence-corrected chi connectivity index (χ0v) is 33.2. The third-order valence-corrected chi connectivity index (χ3v) is 11.4. The Morgan fingerprint density at radius 3 is 2.33 bits per heavy atom. The summed E-state index contributed by atoms with van der Waals surface area (Å²) in [6.45, 7) is 5.13. The molecule has 0 radical (unpaired) electrons. The average Bonchev–Trinajstić information content (AvgIpc) is 3.47. The predicted octanol–water partition coefficient (Wildman–Crippen LogP) is 4.74. The maximum absolute atomic E-state index is 15.6. The van der Waals surface area contributed by atoms with Crippen molar-refractivity contribution in [1.29, 1.82) is 0 Å². The second-order valence-corrected chi connectivity index (χ2v) is 15.4. The second kappa shape index (κ2) is 16.8. The number of likely N-dealkylation sites (N-methyl/N-ethyl adjacent to an activating group) is 1. The molecule has 4 heterocycles. The minimum atomic E-state index is -5.01. The van der Waals surface area contributed by atoms with Crippen LogP contribution in [-0.2, 0) is 22.2 Å². The van der Waals surface area contributed by atoms with Crippen molar-refractivity contribution >= 4 is 46.8 Å². The molecule has 2 fully saturated rings. The summed E-state index contributed by atoms with van der Waals surface area (Å²) in [5.74, 6) is -4.90. The van der Waals surface area contributed by atoms with E-state index in [2.05, 4.69) is 25.8 Å². The third kappa shape index (κ3) is 8.52. The Balaban J connectivity index is 1.09. The molecule has 0 spiro atoms. The lowest BCUT2D eigenvalue weighted by Gasteiger charge is -2.44. The summed E-state index contributed by atoms with van der Waals surface area (Å²) in [5.41, 5.74) is -1.65. The van der Waals surface area contributed by atoms with E-state index < -0.39 is 70.2 Å². The molecular weight excluding hydrogens is 803 g/mol. The van der Waals surface area contributed by atoms with Gasteiger partial charge in [0, 0.05) is 61.5 Å². The van der Waals surface area contributed by atoms with Crippen LogP contribution in [0.5, 0.6) is 0 Å². The number of nitrogens with one attached hydrogen (secondary N) is 4. The monoisotopic (exact) mass is 843 g/mol. The van der Waals surface area contributed by atoms with Crippen molar-refractivity contribution in [2.45, 2.75) is 63.8 Å². The molecule has 61 heavy (non-hydrogen) atoms. The molecule has 3 aliphatic rings. The normalized spacial score (nSPS) is 19.5. The lowest BCUT2D eigenvalue weighted by molar-refractivity contribution is -0.138. The molecule has 3 aliphatic heterocycles. The van der Waals surface area contributed by atoms with Gasteiger partial charge in [0.2, 0.25) is 17.4 Å². The summed E-state index contributed by atoms with van der Waals surface area (Å²) in [6, 6.07) is 12.4. The third-order valence-electron chi connectivity index (χ3n) is 11.4. The number of aryl methyl sites for hydroxylation is 1. The molecule has 4 aromatic rings. The van der Waals surface area contributed by atoms with Crippen molar-refractivity contribution in [3.05, 3.63) is 116 Å². The summed E-state index contributed by atoms with van der Waals surface area (Å²) in [4.78, 5) is 96.6. The molecule has 2 saturated heterocycles. The lowest BCUT2D eigenvalue weighted by Crippen LogP contribution is -2.55. The molecule has 3 aromatic carbocycles. The number of imide groups is 2. The van der Waals surface area contributed by atoms with Crippen LogP contribution in [-0.4, -0.2) is 95.0 Å². The first-order valence-corrected chi connectivity index (χ1v) is 19.6. The number of pyridine rings is 1. The molecule has 14 nitrogen and oxygen atoms in total. The van der Waals surface area contributed by atoms with Gasteiger partial charge in [0.1, 0.15) is 11.9 Å². The molecule has 1 aromatic heterocycles.